The standard InChI is InChI=1S/C21H15BrFN3O2/c22-17-8-3-6-14(11-17)20(27)25-18-9-4-7-15(12-18)21(28)26-24-13-16-5-1-2-10-19(16)23/h1-13H,(H,25,27)(H,26,28)/b24-13-. The molecule has 0 bridgehead atoms. The number of hydrogen-bond acceptors (Lipinski definition) is 3. The molecule has 0 unspecified atom stereocenters. The molecule has 28 heavy (non-hydrogen) atoms. The monoisotopic (exact) mass is 439 g/mol. The highest BCUT2D eigenvalue weighted by Gasteiger charge is 2.09. The Hall–Kier alpha value is -3.32. The summed E-state index contributed by atoms with van der Waals surface area (Å²) in [6, 6.07) is 19.5. The first kappa shape index (κ1) is 19.4. The second-order valence-corrected chi connectivity index (χ2v) is 6.68. The van der Waals surface area contributed by atoms with Crippen molar-refractivity contribution in [2.24, 2.45) is 5.10 Å². The van der Waals surface area contributed by atoms with Gasteiger partial charge < -0.3 is 5.32 Å². The molecule has 2 N–H and O–H groups in total. The zero-order valence-corrected chi connectivity index (χ0v) is 16.1. The van der Waals surface area contributed by atoms with E-state index >= 15 is 0 Å². The second kappa shape index (κ2) is 9.05. The largest absolute Gasteiger partial charge is 0.322 e. The number of nitrogens with one attached hydrogen (secondary N) is 2. The van der Waals surface area contributed by atoms with Gasteiger partial charge in [-0.25, -0.2) is 9.82 Å². The van der Waals surface area contributed by atoms with Crippen molar-refractivity contribution in [2.45, 2.75) is 0 Å². The second-order valence-electron chi connectivity index (χ2n) is 5.77. The fraction of sp³-hybridized carbons (Fsp3) is 0. The van der Waals surface area contributed by atoms with E-state index in [-0.39, 0.29) is 11.5 Å². The molecule has 3 aromatic rings. The minimum atomic E-state index is -0.480. The SMILES string of the molecule is O=C(N/N=C\c1ccccc1F)c1cccc(NC(=O)c2cccc(Br)c2)c1. The van der Waals surface area contributed by atoms with Crippen molar-refractivity contribution in [3.05, 3.63) is 99.8 Å². The molecule has 0 atom stereocenters. The summed E-state index contributed by atoms with van der Waals surface area (Å²) in [7, 11) is 0. The minimum Gasteiger partial charge on any atom is -0.322 e. The van der Waals surface area contributed by atoms with Crippen LogP contribution in [0.15, 0.2) is 82.4 Å². The van der Waals surface area contributed by atoms with Gasteiger partial charge in [0.25, 0.3) is 11.8 Å². The highest BCUT2D eigenvalue weighted by molar-refractivity contribution is 9.10. The van der Waals surface area contributed by atoms with Crippen molar-refractivity contribution in [2.75, 3.05) is 5.32 Å². The molecule has 3 aromatic carbocycles. The van der Waals surface area contributed by atoms with Gasteiger partial charge in [-0.3, -0.25) is 9.59 Å². The van der Waals surface area contributed by atoms with E-state index in [2.05, 4.69) is 31.8 Å². The highest BCUT2D eigenvalue weighted by atomic mass is 79.9. The maximum Gasteiger partial charge on any atom is 0.271 e. The van der Waals surface area contributed by atoms with Gasteiger partial charge in [-0.1, -0.05) is 46.3 Å². The molecule has 0 radical (unpaired) electrons. The van der Waals surface area contributed by atoms with Gasteiger partial charge in [-0.05, 0) is 42.5 Å². The first-order valence-electron chi connectivity index (χ1n) is 8.28. The van der Waals surface area contributed by atoms with Crippen molar-refractivity contribution < 1.29 is 14.0 Å². The van der Waals surface area contributed by atoms with Gasteiger partial charge >= 0.3 is 0 Å². The molecule has 0 fully saturated rings. The predicted molar refractivity (Wildman–Crippen MR) is 110 cm³/mol. The summed E-state index contributed by atoms with van der Waals surface area (Å²) in [4.78, 5) is 24.6. The number of hydrazone groups is 1. The van der Waals surface area contributed by atoms with E-state index in [0.29, 0.717) is 16.8 Å². The smallest absolute Gasteiger partial charge is 0.271 e. The summed E-state index contributed by atoms with van der Waals surface area (Å²) < 4.78 is 14.3. The van der Waals surface area contributed by atoms with Crippen molar-refractivity contribution in [1.29, 1.82) is 0 Å². The van der Waals surface area contributed by atoms with Crippen molar-refractivity contribution in [3.8, 4) is 0 Å². The Kier molecular flexibility index (Phi) is 6.29. The molecule has 0 heterocycles. The number of halogens is 2. The maximum atomic E-state index is 13.5. The third kappa shape index (κ3) is 5.11. The molecule has 0 saturated heterocycles. The summed E-state index contributed by atoms with van der Waals surface area (Å²) in [5.74, 6) is -1.21. The number of nitrogens with zero attached hydrogens (tertiary/aromatic N) is 1. The quantitative estimate of drug-likeness (QED) is 0.450. The van der Waals surface area contributed by atoms with Crippen LogP contribution in [0, 0.1) is 5.82 Å². The van der Waals surface area contributed by atoms with Gasteiger partial charge in [-0.15, -0.1) is 0 Å². The van der Waals surface area contributed by atoms with Gasteiger partial charge in [0, 0.05) is 26.9 Å². The molecule has 0 saturated carbocycles. The molecular formula is C21H15BrFN3O2. The van der Waals surface area contributed by atoms with Crippen LogP contribution in [0.1, 0.15) is 26.3 Å². The molecule has 5 nitrogen and oxygen atoms in total. The van der Waals surface area contributed by atoms with Gasteiger partial charge in [0.1, 0.15) is 5.82 Å². The predicted octanol–water partition coefficient (Wildman–Crippen LogP) is 4.60. The van der Waals surface area contributed by atoms with Gasteiger partial charge in [0.2, 0.25) is 0 Å². The van der Waals surface area contributed by atoms with E-state index in [0.717, 1.165) is 4.47 Å². The molecule has 2 amide bonds. The Morgan fingerprint density at radius 2 is 1.61 bits per heavy atom. The van der Waals surface area contributed by atoms with Crippen LogP contribution < -0.4 is 10.7 Å². The Morgan fingerprint density at radius 3 is 2.36 bits per heavy atom. The minimum absolute atomic E-state index is 0.262. The number of rotatable bonds is 5. The summed E-state index contributed by atoms with van der Waals surface area (Å²) in [5, 5.41) is 6.51. The number of carbonyl (C=O) groups excluding carboxylic acids is 2. The fourth-order valence-electron chi connectivity index (χ4n) is 2.38. The Balaban J connectivity index is 1.66. The molecular weight excluding hydrogens is 425 g/mol. The Labute approximate surface area is 169 Å². The number of carbonyl (C=O) groups is 2. The lowest BCUT2D eigenvalue weighted by Gasteiger charge is -2.07. The average Bonchev–Trinajstić information content (AvgIpc) is 2.69. The summed E-state index contributed by atoms with van der Waals surface area (Å²) >= 11 is 3.32. The molecule has 0 aromatic heterocycles. The Morgan fingerprint density at radius 1 is 0.893 bits per heavy atom. The van der Waals surface area contributed by atoms with E-state index in [9.17, 15) is 14.0 Å². The van der Waals surface area contributed by atoms with Crippen LogP contribution >= 0.6 is 15.9 Å². The fourth-order valence-corrected chi connectivity index (χ4v) is 2.78. The number of benzene rings is 3. The van der Waals surface area contributed by atoms with Crippen molar-refractivity contribution in [1.82, 2.24) is 5.43 Å². The molecule has 0 aliphatic rings. The topological polar surface area (TPSA) is 70.6 Å². The molecule has 7 heteroatoms. The Bertz CT molecular complexity index is 1050. The van der Waals surface area contributed by atoms with E-state index in [1.807, 2.05) is 6.07 Å². The number of amides is 2. The van der Waals surface area contributed by atoms with Crippen LogP contribution in [0.3, 0.4) is 0 Å². The van der Waals surface area contributed by atoms with E-state index in [1.54, 1.807) is 54.6 Å². The molecule has 0 spiro atoms. The van der Waals surface area contributed by atoms with Crippen LogP contribution in [0.2, 0.25) is 0 Å². The molecule has 0 aliphatic carbocycles. The van der Waals surface area contributed by atoms with Crippen LogP contribution in [0.5, 0.6) is 0 Å². The van der Waals surface area contributed by atoms with Crippen LogP contribution in [-0.2, 0) is 0 Å². The molecule has 140 valence electrons. The lowest BCUT2D eigenvalue weighted by atomic mass is 10.1. The third-order valence-corrected chi connectivity index (χ3v) is 4.24. The van der Waals surface area contributed by atoms with Crippen molar-refractivity contribution in [3.63, 3.8) is 0 Å². The zero-order valence-electron chi connectivity index (χ0n) is 14.5. The van der Waals surface area contributed by atoms with E-state index < -0.39 is 11.7 Å². The number of anilines is 1. The first-order chi connectivity index (χ1) is 13.5. The summed E-state index contributed by atoms with van der Waals surface area (Å²) in [6.45, 7) is 0. The normalized spacial score (nSPS) is 10.6. The molecule has 0 aliphatic heterocycles. The van der Waals surface area contributed by atoms with Crippen molar-refractivity contribution >= 4 is 39.6 Å². The summed E-state index contributed by atoms with van der Waals surface area (Å²) in [5.41, 5.74) is 3.86. The van der Waals surface area contributed by atoms with Crippen LogP contribution in [-0.4, -0.2) is 18.0 Å². The summed E-state index contributed by atoms with van der Waals surface area (Å²) in [6.07, 6.45) is 1.23. The number of hydrogen-bond donors (Lipinski definition) is 2. The lowest BCUT2D eigenvalue weighted by molar-refractivity contribution is 0.0953. The highest BCUT2D eigenvalue weighted by Crippen LogP contribution is 2.15. The average molecular weight is 440 g/mol. The van der Waals surface area contributed by atoms with Gasteiger partial charge in [0.15, 0.2) is 0 Å². The first-order valence-corrected chi connectivity index (χ1v) is 9.07. The lowest BCUT2D eigenvalue weighted by Crippen LogP contribution is -2.18. The zero-order chi connectivity index (χ0) is 19.9. The van der Waals surface area contributed by atoms with Gasteiger partial charge in [-0.2, -0.15) is 5.10 Å². The third-order valence-electron chi connectivity index (χ3n) is 3.74. The van der Waals surface area contributed by atoms with Crippen LogP contribution in [0.25, 0.3) is 0 Å². The van der Waals surface area contributed by atoms with Gasteiger partial charge in [0.05, 0.1) is 6.21 Å². The van der Waals surface area contributed by atoms with E-state index in [4.69, 9.17) is 0 Å². The maximum absolute atomic E-state index is 13.5. The van der Waals surface area contributed by atoms with E-state index in [1.165, 1.54) is 18.3 Å². The molecule has 3 rings (SSSR count). The van der Waals surface area contributed by atoms with Crippen LogP contribution in [0.4, 0.5) is 10.1 Å².